The number of nitrogens with two attached hydrogens (primary N) is 1. The number of carbonyl (C=O) groups excluding carboxylic acids is 2. The number of benzene rings is 1. The van der Waals surface area contributed by atoms with Crippen LogP contribution in [0.2, 0.25) is 0 Å². The molecular weight excluding hydrogens is 632 g/mol. The lowest BCUT2D eigenvalue weighted by molar-refractivity contribution is -0.132. The predicted octanol–water partition coefficient (Wildman–Crippen LogP) is 3.83. The smallest absolute Gasteiger partial charge is 0.237 e. The summed E-state index contributed by atoms with van der Waals surface area (Å²) in [5, 5.41) is 19.6. The number of rotatable bonds is 12. The van der Waals surface area contributed by atoms with E-state index >= 15 is 0 Å². The van der Waals surface area contributed by atoms with E-state index in [1.807, 2.05) is 43.9 Å². The molecule has 0 aliphatic carbocycles. The molecule has 1 atom stereocenters. The Morgan fingerprint density at radius 2 is 1.92 bits per heavy atom. The number of nitrogen functional groups attached to an aromatic ring is 1. The molecule has 0 spiro atoms. The normalized spacial score (nSPS) is 16.4. The first-order valence-corrected chi connectivity index (χ1v) is 17.0. The zero-order valence-corrected chi connectivity index (χ0v) is 29.1. The first-order chi connectivity index (χ1) is 24.1. The zero-order chi connectivity index (χ0) is 35.8. The number of carbonyl (C=O) groups is 2. The maximum atomic E-state index is 13.8. The minimum atomic E-state index is -0.271. The Labute approximate surface area is 293 Å². The van der Waals surface area contributed by atoms with Gasteiger partial charge >= 0.3 is 0 Å². The topological polar surface area (TPSA) is 177 Å². The van der Waals surface area contributed by atoms with Gasteiger partial charge in [0.05, 0.1) is 36.3 Å². The molecule has 5 N–H and O–H groups in total. The molecule has 13 nitrogen and oxygen atoms in total. The van der Waals surface area contributed by atoms with E-state index in [1.54, 1.807) is 48.5 Å². The van der Waals surface area contributed by atoms with Gasteiger partial charge in [0.25, 0.3) is 0 Å². The Hall–Kier alpha value is -5.43. The summed E-state index contributed by atoms with van der Waals surface area (Å²) in [6.45, 7) is 8.73. The molecule has 0 saturated carbocycles. The number of nitrogens with zero attached hydrogens (tertiary/aromatic N) is 6. The molecule has 2 aromatic heterocycles. The fraction of sp³-hybridized carbons (Fsp3) is 0.378. The number of hydrogen-bond acceptors (Lipinski definition) is 9. The van der Waals surface area contributed by atoms with Crippen LogP contribution in [0.5, 0.6) is 5.75 Å². The lowest BCUT2D eigenvalue weighted by Crippen LogP contribution is -2.42. The van der Waals surface area contributed by atoms with Crippen molar-refractivity contribution >= 4 is 46.8 Å². The van der Waals surface area contributed by atoms with Crippen LogP contribution < -0.4 is 20.7 Å². The van der Waals surface area contributed by atoms with Gasteiger partial charge in [-0.1, -0.05) is 12.1 Å². The maximum Gasteiger partial charge on any atom is 0.237 e. The van der Waals surface area contributed by atoms with Gasteiger partial charge in [0.2, 0.25) is 11.8 Å². The Bertz CT molecular complexity index is 1770. The third-order valence-corrected chi connectivity index (χ3v) is 8.76. The summed E-state index contributed by atoms with van der Waals surface area (Å²) in [6.07, 6.45) is 6.65. The number of pyridine rings is 2. The number of amidine groups is 1. The Morgan fingerprint density at radius 3 is 2.56 bits per heavy atom. The van der Waals surface area contributed by atoms with Gasteiger partial charge in [0.15, 0.2) is 5.84 Å². The zero-order valence-electron chi connectivity index (χ0n) is 29.1. The van der Waals surface area contributed by atoms with Crippen LogP contribution in [0.4, 0.5) is 11.5 Å². The second kappa shape index (κ2) is 16.3. The molecule has 13 heteroatoms. The van der Waals surface area contributed by atoms with Crippen molar-refractivity contribution in [2.24, 2.45) is 10.9 Å². The Morgan fingerprint density at radius 1 is 1.14 bits per heavy atom. The van der Waals surface area contributed by atoms with Crippen molar-refractivity contribution in [3.05, 3.63) is 83.3 Å². The summed E-state index contributed by atoms with van der Waals surface area (Å²) < 4.78 is 5.72. The van der Waals surface area contributed by atoms with Gasteiger partial charge < -0.3 is 20.7 Å². The molecule has 262 valence electrons. The minimum Gasteiger partial charge on any atom is -0.491 e. The third-order valence-electron chi connectivity index (χ3n) is 8.76. The molecule has 4 heterocycles. The van der Waals surface area contributed by atoms with Crippen molar-refractivity contribution in [3.63, 3.8) is 0 Å². The molecule has 2 amide bonds. The van der Waals surface area contributed by atoms with Crippen molar-refractivity contribution in [1.29, 1.82) is 10.8 Å². The van der Waals surface area contributed by atoms with Crippen molar-refractivity contribution in [2.75, 3.05) is 56.9 Å². The standard InChI is InChI=1S/C37H46N10O3/c1-5-47(32-13-11-30(38)35(44-32)34(39)26-6-9-29(10-7-26)50-24(2)3)37(49)28-14-17-45(21-28)22-33(48)46-18-15-25(16-19-46)27-8-12-31(42-20-27)36(40)43-23-41-4/h6-13,15,20,23-24,28,39H,5,14,16-19,21-22,38H2,1-4H3,(H2,40,41,43)/t28-/m1/s1. The number of nitrogens with one attached hydrogen (secondary N) is 3. The molecule has 2 aliphatic heterocycles. The number of amides is 2. The van der Waals surface area contributed by atoms with Gasteiger partial charge in [-0.25, -0.2) is 9.98 Å². The summed E-state index contributed by atoms with van der Waals surface area (Å²) in [4.78, 5) is 45.6. The Kier molecular flexibility index (Phi) is 11.7. The summed E-state index contributed by atoms with van der Waals surface area (Å²) in [5.74, 6) is 0.958. The van der Waals surface area contributed by atoms with Gasteiger partial charge in [-0.3, -0.25) is 35.2 Å². The van der Waals surface area contributed by atoms with Crippen molar-refractivity contribution in [2.45, 2.75) is 39.7 Å². The van der Waals surface area contributed by atoms with Crippen molar-refractivity contribution in [3.8, 4) is 5.75 Å². The van der Waals surface area contributed by atoms with E-state index < -0.39 is 0 Å². The van der Waals surface area contributed by atoms with Crippen LogP contribution in [0.15, 0.2) is 65.8 Å². The second-order valence-electron chi connectivity index (χ2n) is 12.6. The first kappa shape index (κ1) is 35.9. The van der Waals surface area contributed by atoms with Gasteiger partial charge in [-0.05, 0) is 93.8 Å². The van der Waals surface area contributed by atoms with Crippen LogP contribution in [-0.2, 0) is 9.59 Å². The molecule has 1 aromatic carbocycles. The largest absolute Gasteiger partial charge is 0.491 e. The van der Waals surface area contributed by atoms with Crippen LogP contribution in [0.25, 0.3) is 5.57 Å². The van der Waals surface area contributed by atoms with E-state index in [2.05, 4.69) is 31.3 Å². The summed E-state index contributed by atoms with van der Waals surface area (Å²) in [5.41, 5.74) is 10.3. The van der Waals surface area contributed by atoms with Crippen LogP contribution in [0.3, 0.4) is 0 Å². The average molecular weight is 679 g/mol. The highest BCUT2D eigenvalue weighted by Gasteiger charge is 2.34. The van der Waals surface area contributed by atoms with Gasteiger partial charge in [0, 0.05) is 45.0 Å². The quantitative estimate of drug-likeness (QED) is 0.165. The van der Waals surface area contributed by atoms with E-state index in [-0.39, 0.29) is 41.9 Å². The van der Waals surface area contributed by atoms with Crippen molar-refractivity contribution in [1.82, 2.24) is 25.1 Å². The number of hydrogen-bond donors (Lipinski definition) is 4. The third kappa shape index (κ3) is 8.58. The molecule has 1 saturated heterocycles. The molecule has 1 fully saturated rings. The fourth-order valence-corrected chi connectivity index (χ4v) is 6.12. The number of anilines is 2. The number of likely N-dealkylation sites (tertiary alicyclic amines) is 1. The Balaban J connectivity index is 1.16. The van der Waals surface area contributed by atoms with E-state index in [4.69, 9.17) is 21.3 Å². The molecular formula is C37H46N10O3. The monoisotopic (exact) mass is 678 g/mol. The maximum absolute atomic E-state index is 13.8. The lowest BCUT2D eigenvalue weighted by atomic mass is 10.0. The highest BCUT2D eigenvalue weighted by molar-refractivity contribution is 6.13. The van der Waals surface area contributed by atoms with E-state index in [0.29, 0.717) is 74.0 Å². The number of aliphatic imine (C=N–C) groups is 1. The molecule has 0 radical (unpaired) electrons. The SMILES string of the molecule is CCN(C(=O)[C@@H]1CCN(CC(=O)N2CC=C(c3ccc(C(=N)/N=C\NC)nc3)CC2)C1)c1ccc(N)c(C(=N)c2ccc(OC(C)C)cc2)n1. The fourth-order valence-electron chi connectivity index (χ4n) is 6.12. The highest BCUT2D eigenvalue weighted by Crippen LogP contribution is 2.26. The summed E-state index contributed by atoms with van der Waals surface area (Å²) in [7, 11) is 1.72. The average Bonchev–Trinajstić information content (AvgIpc) is 3.60. The van der Waals surface area contributed by atoms with Crippen LogP contribution >= 0.6 is 0 Å². The predicted molar refractivity (Wildman–Crippen MR) is 197 cm³/mol. The molecule has 5 rings (SSSR count). The van der Waals surface area contributed by atoms with Gasteiger partial charge in [-0.15, -0.1) is 0 Å². The van der Waals surface area contributed by atoms with Crippen LogP contribution in [0, 0.1) is 16.7 Å². The second-order valence-corrected chi connectivity index (χ2v) is 12.6. The molecule has 50 heavy (non-hydrogen) atoms. The van der Waals surface area contributed by atoms with E-state index in [9.17, 15) is 9.59 Å². The highest BCUT2D eigenvalue weighted by atomic mass is 16.5. The summed E-state index contributed by atoms with van der Waals surface area (Å²) in [6, 6.07) is 14.4. The van der Waals surface area contributed by atoms with Gasteiger partial charge in [-0.2, -0.15) is 0 Å². The lowest BCUT2D eigenvalue weighted by Gasteiger charge is -2.28. The number of aromatic nitrogens is 2. The minimum absolute atomic E-state index is 0.0391. The molecule has 0 bridgehead atoms. The van der Waals surface area contributed by atoms with E-state index in [1.165, 1.54) is 6.34 Å². The van der Waals surface area contributed by atoms with Gasteiger partial charge in [0.1, 0.15) is 23.0 Å². The molecule has 2 aliphatic rings. The molecule has 3 aromatic rings. The van der Waals surface area contributed by atoms with E-state index in [0.717, 1.165) is 16.9 Å². The summed E-state index contributed by atoms with van der Waals surface area (Å²) >= 11 is 0. The van der Waals surface area contributed by atoms with Crippen LogP contribution in [-0.4, -0.2) is 102 Å². The van der Waals surface area contributed by atoms with Crippen LogP contribution in [0.1, 0.15) is 56.1 Å². The van der Waals surface area contributed by atoms with Crippen molar-refractivity contribution < 1.29 is 14.3 Å². The number of ether oxygens (including phenoxy) is 1. The first-order valence-electron chi connectivity index (χ1n) is 17.0. The molecule has 0 unspecified atom stereocenters.